The zero-order valence-corrected chi connectivity index (χ0v) is 13.2. The van der Waals surface area contributed by atoms with E-state index >= 15 is 0 Å². The summed E-state index contributed by atoms with van der Waals surface area (Å²) in [6, 6.07) is 1.42. The maximum atomic E-state index is 3.67. The molecule has 0 aromatic rings. The first kappa shape index (κ1) is 14.7. The first-order chi connectivity index (χ1) is 8.69. The van der Waals surface area contributed by atoms with Crippen LogP contribution in [0.15, 0.2) is 0 Å². The summed E-state index contributed by atoms with van der Waals surface area (Å²) in [7, 11) is 0. The van der Waals surface area contributed by atoms with E-state index in [-0.39, 0.29) is 0 Å². The third kappa shape index (κ3) is 3.43. The van der Waals surface area contributed by atoms with Crippen LogP contribution < -0.4 is 5.32 Å². The third-order valence-corrected chi connectivity index (χ3v) is 6.37. The summed E-state index contributed by atoms with van der Waals surface area (Å²) >= 11 is 2.14. The Labute approximate surface area is 117 Å². The highest BCUT2D eigenvalue weighted by Gasteiger charge is 2.36. The van der Waals surface area contributed by atoms with Crippen molar-refractivity contribution in [2.24, 2.45) is 0 Å². The van der Waals surface area contributed by atoms with Gasteiger partial charge in [0.05, 0.1) is 0 Å². The summed E-state index contributed by atoms with van der Waals surface area (Å²) in [5.74, 6) is 0. The lowest BCUT2D eigenvalue weighted by atomic mass is 9.87. The minimum absolute atomic E-state index is 0.558. The minimum atomic E-state index is 0.558. The van der Waals surface area contributed by atoms with Crippen LogP contribution in [0.5, 0.6) is 0 Å². The van der Waals surface area contributed by atoms with E-state index in [2.05, 4.69) is 42.1 Å². The van der Waals surface area contributed by atoms with Gasteiger partial charge in [-0.3, -0.25) is 4.90 Å². The van der Waals surface area contributed by atoms with Crippen LogP contribution in [-0.2, 0) is 0 Å². The first-order valence-electron chi connectivity index (χ1n) is 7.72. The van der Waals surface area contributed by atoms with Gasteiger partial charge in [0.2, 0.25) is 0 Å². The van der Waals surface area contributed by atoms with E-state index in [9.17, 15) is 0 Å². The zero-order valence-electron chi connectivity index (χ0n) is 12.4. The van der Waals surface area contributed by atoms with Gasteiger partial charge >= 0.3 is 0 Å². The number of nitrogens with one attached hydrogen (secondary N) is 1. The molecule has 3 heteroatoms. The normalized spacial score (nSPS) is 33.5. The largest absolute Gasteiger partial charge is 0.311 e. The molecule has 1 aliphatic carbocycles. The van der Waals surface area contributed by atoms with Crippen molar-refractivity contribution in [2.45, 2.75) is 69.2 Å². The zero-order chi connectivity index (χ0) is 13.0. The van der Waals surface area contributed by atoms with Gasteiger partial charge in [-0.05, 0) is 32.4 Å². The van der Waals surface area contributed by atoms with E-state index in [1.54, 1.807) is 0 Å². The highest BCUT2D eigenvalue weighted by atomic mass is 32.2. The molecule has 1 saturated heterocycles. The van der Waals surface area contributed by atoms with Crippen LogP contribution in [0.2, 0.25) is 0 Å². The van der Waals surface area contributed by atoms with Crippen molar-refractivity contribution in [3.63, 3.8) is 0 Å². The molecule has 1 aliphatic heterocycles. The van der Waals surface area contributed by atoms with Crippen molar-refractivity contribution in [1.29, 1.82) is 0 Å². The molecular weight excluding hydrogens is 240 g/mol. The Morgan fingerprint density at radius 1 is 1.28 bits per heavy atom. The van der Waals surface area contributed by atoms with Gasteiger partial charge in [-0.2, -0.15) is 11.8 Å². The summed E-state index contributed by atoms with van der Waals surface area (Å²) in [6.07, 6.45) is 10.8. The molecule has 1 saturated carbocycles. The fourth-order valence-corrected chi connectivity index (χ4v) is 4.47. The molecule has 1 heterocycles. The predicted molar refractivity (Wildman–Crippen MR) is 82.4 cm³/mol. The molecule has 0 bridgehead atoms. The fourth-order valence-electron chi connectivity index (χ4n) is 3.48. The summed E-state index contributed by atoms with van der Waals surface area (Å²) < 4.78 is 0.558. The third-order valence-electron chi connectivity index (χ3n) is 4.96. The van der Waals surface area contributed by atoms with Crippen molar-refractivity contribution in [3.05, 3.63) is 0 Å². The van der Waals surface area contributed by atoms with Crippen molar-refractivity contribution in [2.75, 3.05) is 25.9 Å². The lowest BCUT2D eigenvalue weighted by Crippen LogP contribution is -2.58. The monoisotopic (exact) mass is 270 g/mol. The average Bonchev–Trinajstić information content (AvgIpc) is 2.42. The Morgan fingerprint density at radius 2 is 2.00 bits per heavy atom. The highest BCUT2D eigenvalue weighted by Crippen LogP contribution is 2.39. The van der Waals surface area contributed by atoms with Gasteiger partial charge in [0, 0.05) is 36.5 Å². The van der Waals surface area contributed by atoms with Gasteiger partial charge in [-0.1, -0.05) is 26.2 Å². The molecule has 0 aromatic carbocycles. The van der Waals surface area contributed by atoms with Gasteiger partial charge in [0.25, 0.3) is 0 Å². The van der Waals surface area contributed by atoms with E-state index in [1.807, 2.05) is 0 Å². The standard InChI is InChI=1S/C15H30N2S/c1-4-14-11-17(13(2)10-16-14)12-15(18-3)8-6-5-7-9-15/h13-14,16H,4-12H2,1-3H3. The number of thioether (sulfide) groups is 1. The van der Waals surface area contributed by atoms with Crippen LogP contribution in [-0.4, -0.2) is 47.6 Å². The van der Waals surface area contributed by atoms with Crippen molar-refractivity contribution in [1.82, 2.24) is 10.2 Å². The number of hydrogen-bond donors (Lipinski definition) is 1. The SMILES string of the molecule is CCC1CN(CC2(SC)CCCCC2)C(C)CN1. The van der Waals surface area contributed by atoms with Crippen LogP contribution in [0.4, 0.5) is 0 Å². The summed E-state index contributed by atoms with van der Waals surface area (Å²) in [6.45, 7) is 8.42. The second-order valence-corrected chi connectivity index (χ2v) is 7.51. The molecule has 0 amide bonds. The Kier molecular flexibility index (Phi) is 5.40. The topological polar surface area (TPSA) is 15.3 Å². The Bertz CT molecular complexity index is 251. The van der Waals surface area contributed by atoms with Gasteiger partial charge in [0.15, 0.2) is 0 Å². The molecule has 2 unspecified atom stereocenters. The molecule has 0 spiro atoms. The first-order valence-corrected chi connectivity index (χ1v) is 8.94. The molecule has 0 aromatic heterocycles. The molecular formula is C15H30N2S. The maximum absolute atomic E-state index is 3.67. The molecule has 2 rings (SSSR count). The quantitative estimate of drug-likeness (QED) is 0.845. The van der Waals surface area contributed by atoms with Gasteiger partial charge in [-0.15, -0.1) is 0 Å². The Morgan fingerprint density at radius 3 is 2.61 bits per heavy atom. The highest BCUT2D eigenvalue weighted by molar-refractivity contribution is 8.00. The maximum Gasteiger partial charge on any atom is 0.0284 e. The lowest BCUT2D eigenvalue weighted by molar-refractivity contribution is 0.117. The number of piperazine rings is 1. The second kappa shape index (κ2) is 6.62. The molecule has 0 radical (unpaired) electrons. The lowest BCUT2D eigenvalue weighted by Gasteiger charge is -2.45. The molecule has 2 aliphatic rings. The molecule has 2 atom stereocenters. The Balaban J connectivity index is 1.96. The van der Waals surface area contributed by atoms with Gasteiger partial charge in [-0.25, -0.2) is 0 Å². The predicted octanol–water partition coefficient (Wildman–Crippen LogP) is 3.12. The van der Waals surface area contributed by atoms with E-state index in [1.165, 1.54) is 58.2 Å². The van der Waals surface area contributed by atoms with Crippen molar-refractivity contribution < 1.29 is 0 Å². The molecule has 2 nitrogen and oxygen atoms in total. The fraction of sp³-hybridized carbons (Fsp3) is 1.00. The summed E-state index contributed by atoms with van der Waals surface area (Å²) in [5.41, 5.74) is 0. The van der Waals surface area contributed by atoms with Crippen LogP contribution in [0.25, 0.3) is 0 Å². The van der Waals surface area contributed by atoms with Crippen molar-refractivity contribution >= 4 is 11.8 Å². The number of rotatable bonds is 4. The van der Waals surface area contributed by atoms with Crippen LogP contribution in [0, 0.1) is 0 Å². The molecule has 1 N–H and O–H groups in total. The number of nitrogens with zero attached hydrogens (tertiary/aromatic N) is 1. The molecule has 18 heavy (non-hydrogen) atoms. The van der Waals surface area contributed by atoms with Crippen LogP contribution in [0.1, 0.15) is 52.4 Å². The van der Waals surface area contributed by atoms with Crippen molar-refractivity contribution in [3.8, 4) is 0 Å². The van der Waals surface area contributed by atoms with E-state index < -0.39 is 0 Å². The minimum Gasteiger partial charge on any atom is -0.311 e. The van der Waals surface area contributed by atoms with E-state index in [4.69, 9.17) is 0 Å². The smallest absolute Gasteiger partial charge is 0.0284 e. The van der Waals surface area contributed by atoms with Gasteiger partial charge < -0.3 is 5.32 Å². The summed E-state index contributed by atoms with van der Waals surface area (Å²) in [4.78, 5) is 2.76. The van der Waals surface area contributed by atoms with E-state index in [0.717, 1.165) is 0 Å². The summed E-state index contributed by atoms with van der Waals surface area (Å²) in [5, 5.41) is 3.67. The molecule has 2 fully saturated rings. The van der Waals surface area contributed by atoms with E-state index in [0.29, 0.717) is 16.8 Å². The van der Waals surface area contributed by atoms with Crippen LogP contribution in [0.3, 0.4) is 0 Å². The number of hydrogen-bond acceptors (Lipinski definition) is 3. The second-order valence-electron chi connectivity index (χ2n) is 6.24. The molecule has 106 valence electrons. The Hall–Kier alpha value is 0.270. The van der Waals surface area contributed by atoms with Gasteiger partial charge in [0.1, 0.15) is 0 Å². The van der Waals surface area contributed by atoms with Crippen LogP contribution >= 0.6 is 11.8 Å². The average molecular weight is 270 g/mol.